The molecule has 8 nitrogen and oxygen atoms in total. The van der Waals surface area contributed by atoms with Crippen LogP contribution in [0.1, 0.15) is 17.3 Å². The molecule has 2 N–H and O–H groups in total. The summed E-state index contributed by atoms with van der Waals surface area (Å²) < 4.78 is 1.90. The highest BCUT2D eigenvalue weighted by Gasteiger charge is 2.16. The predicted octanol–water partition coefficient (Wildman–Crippen LogP) is 1.56. The summed E-state index contributed by atoms with van der Waals surface area (Å²) in [6.45, 7) is 2.85. The lowest BCUT2D eigenvalue weighted by Crippen LogP contribution is -2.24. The van der Waals surface area contributed by atoms with Crippen LogP contribution in [0.2, 0.25) is 0 Å². The van der Waals surface area contributed by atoms with Gasteiger partial charge in [-0.25, -0.2) is 9.97 Å². The number of aromatic nitrogens is 3. The number of amides is 2. The van der Waals surface area contributed by atoms with Crippen molar-refractivity contribution in [3.05, 3.63) is 53.8 Å². The number of carbonyl (C=O) groups excluding carboxylic acids is 2. The van der Waals surface area contributed by atoms with Gasteiger partial charge < -0.3 is 10.6 Å². The minimum atomic E-state index is -0.434. The van der Waals surface area contributed by atoms with Gasteiger partial charge >= 0.3 is 0 Å². The van der Waals surface area contributed by atoms with E-state index in [1.165, 1.54) is 13.1 Å². The van der Waals surface area contributed by atoms with E-state index in [1.807, 2.05) is 28.8 Å². The summed E-state index contributed by atoms with van der Waals surface area (Å²) in [5.41, 5.74) is 1.47. The number of nitrogens with one attached hydrogen (secondary N) is 2. The molecule has 2 amide bonds. The van der Waals surface area contributed by atoms with Gasteiger partial charge in [-0.05, 0) is 24.3 Å². The predicted molar refractivity (Wildman–Crippen MR) is 96.7 cm³/mol. The van der Waals surface area contributed by atoms with E-state index in [2.05, 4.69) is 25.6 Å². The first-order chi connectivity index (χ1) is 12.6. The number of hydrogen-bond acceptors (Lipinski definition) is 5. The van der Waals surface area contributed by atoms with Crippen LogP contribution in [0.5, 0.6) is 0 Å². The lowest BCUT2D eigenvalue weighted by Gasteiger charge is -2.07. The SMILES string of the molecule is CC(=O)Nc1ccc(C(=O)N=c2nc3ccccc3c3n2CCN3)cn1. The fourth-order valence-electron chi connectivity index (χ4n) is 2.89. The van der Waals surface area contributed by atoms with Crippen molar-refractivity contribution >= 4 is 34.4 Å². The average Bonchev–Trinajstić information content (AvgIpc) is 3.12. The molecular formula is C18H16N6O2. The fourth-order valence-corrected chi connectivity index (χ4v) is 2.89. The summed E-state index contributed by atoms with van der Waals surface area (Å²) in [5, 5.41) is 6.88. The number of hydrogen-bond donors (Lipinski definition) is 2. The van der Waals surface area contributed by atoms with Gasteiger partial charge in [0.2, 0.25) is 11.5 Å². The van der Waals surface area contributed by atoms with Crippen molar-refractivity contribution in [3.63, 3.8) is 0 Å². The van der Waals surface area contributed by atoms with Crippen LogP contribution in [0.3, 0.4) is 0 Å². The van der Waals surface area contributed by atoms with Crippen LogP contribution >= 0.6 is 0 Å². The molecule has 3 aromatic rings. The van der Waals surface area contributed by atoms with Crippen LogP contribution in [0.25, 0.3) is 10.9 Å². The van der Waals surface area contributed by atoms with Crippen molar-refractivity contribution in [2.45, 2.75) is 13.5 Å². The van der Waals surface area contributed by atoms with Crippen molar-refractivity contribution < 1.29 is 9.59 Å². The topological polar surface area (TPSA) is 101 Å². The summed E-state index contributed by atoms with van der Waals surface area (Å²) in [6.07, 6.45) is 1.39. The van der Waals surface area contributed by atoms with E-state index in [0.717, 1.165) is 23.3 Å². The van der Waals surface area contributed by atoms with Gasteiger partial charge in [0, 0.05) is 31.6 Å². The van der Waals surface area contributed by atoms with Gasteiger partial charge in [-0.1, -0.05) is 12.1 Å². The first-order valence-electron chi connectivity index (χ1n) is 8.18. The monoisotopic (exact) mass is 348 g/mol. The molecule has 0 fully saturated rings. The Morgan fingerprint density at radius 1 is 1.23 bits per heavy atom. The van der Waals surface area contributed by atoms with Gasteiger partial charge in [0.15, 0.2) is 0 Å². The second kappa shape index (κ2) is 6.40. The Hall–Kier alpha value is -3.55. The molecule has 0 aliphatic carbocycles. The molecule has 1 aliphatic rings. The van der Waals surface area contributed by atoms with Crippen molar-refractivity contribution in [1.82, 2.24) is 14.5 Å². The summed E-state index contributed by atoms with van der Waals surface area (Å²) in [4.78, 5) is 36.3. The van der Waals surface area contributed by atoms with E-state index < -0.39 is 5.91 Å². The van der Waals surface area contributed by atoms with Crippen molar-refractivity contribution in [3.8, 4) is 0 Å². The zero-order valence-corrected chi connectivity index (χ0v) is 14.1. The van der Waals surface area contributed by atoms with Crippen molar-refractivity contribution in [2.24, 2.45) is 4.99 Å². The first-order valence-corrected chi connectivity index (χ1v) is 8.18. The zero-order valence-electron chi connectivity index (χ0n) is 14.1. The molecule has 26 heavy (non-hydrogen) atoms. The van der Waals surface area contributed by atoms with Gasteiger partial charge in [0.25, 0.3) is 5.91 Å². The molecule has 3 heterocycles. The largest absolute Gasteiger partial charge is 0.369 e. The summed E-state index contributed by atoms with van der Waals surface area (Å²) in [7, 11) is 0. The third-order valence-electron chi connectivity index (χ3n) is 4.03. The lowest BCUT2D eigenvalue weighted by atomic mass is 10.2. The number of anilines is 2. The van der Waals surface area contributed by atoms with E-state index in [0.29, 0.717) is 23.5 Å². The average molecular weight is 348 g/mol. The molecule has 1 aromatic carbocycles. The number of nitrogens with zero attached hydrogens (tertiary/aromatic N) is 4. The lowest BCUT2D eigenvalue weighted by molar-refractivity contribution is -0.114. The molecule has 0 unspecified atom stereocenters. The van der Waals surface area contributed by atoms with Gasteiger partial charge in [-0.15, -0.1) is 0 Å². The van der Waals surface area contributed by atoms with Gasteiger partial charge in [0.1, 0.15) is 11.6 Å². The number of carbonyl (C=O) groups is 2. The summed E-state index contributed by atoms with van der Waals surface area (Å²) in [5.74, 6) is 0.649. The van der Waals surface area contributed by atoms with Crippen LogP contribution in [0, 0.1) is 0 Å². The first kappa shape index (κ1) is 15.9. The maximum absolute atomic E-state index is 12.5. The summed E-state index contributed by atoms with van der Waals surface area (Å²) >= 11 is 0. The highest BCUT2D eigenvalue weighted by atomic mass is 16.2. The molecule has 8 heteroatoms. The Balaban J connectivity index is 1.74. The molecule has 0 saturated carbocycles. The van der Waals surface area contributed by atoms with Crippen molar-refractivity contribution in [2.75, 3.05) is 17.2 Å². The molecule has 0 bridgehead atoms. The Morgan fingerprint density at radius 3 is 2.85 bits per heavy atom. The molecule has 2 aromatic heterocycles. The minimum Gasteiger partial charge on any atom is -0.369 e. The molecular weight excluding hydrogens is 332 g/mol. The second-order valence-corrected chi connectivity index (χ2v) is 5.89. The third kappa shape index (κ3) is 2.92. The molecule has 0 spiro atoms. The van der Waals surface area contributed by atoms with Crippen molar-refractivity contribution in [1.29, 1.82) is 0 Å². The molecule has 0 atom stereocenters. The van der Waals surface area contributed by atoms with E-state index in [1.54, 1.807) is 12.1 Å². The maximum atomic E-state index is 12.5. The van der Waals surface area contributed by atoms with E-state index >= 15 is 0 Å². The van der Waals surface area contributed by atoms with Crippen LogP contribution in [-0.2, 0) is 11.3 Å². The number of benzene rings is 1. The van der Waals surface area contributed by atoms with E-state index in [-0.39, 0.29) is 5.91 Å². The number of pyridine rings is 1. The van der Waals surface area contributed by atoms with Gasteiger partial charge in [-0.3, -0.25) is 14.2 Å². The van der Waals surface area contributed by atoms with Gasteiger partial charge in [0.05, 0.1) is 11.1 Å². The standard InChI is InChI=1S/C18H16N6O2/c1-11(25)21-15-7-6-12(10-20-15)17(26)23-18-22-14-5-3-2-4-13(14)16-19-8-9-24(16)18/h2-7,10,19H,8-9H2,1H3,(H,20,21,25). The van der Waals surface area contributed by atoms with E-state index in [9.17, 15) is 9.59 Å². The quantitative estimate of drug-likeness (QED) is 0.732. The molecule has 0 radical (unpaired) electrons. The molecule has 1 aliphatic heterocycles. The molecule has 4 rings (SSSR count). The summed E-state index contributed by atoms with van der Waals surface area (Å²) in [6, 6.07) is 10.9. The number of para-hydroxylation sites is 1. The van der Waals surface area contributed by atoms with Crippen LogP contribution in [0.4, 0.5) is 11.6 Å². The normalized spacial score (nSPS) is 13.3. The fraction of sp³-hybridized carbons (Fsp3) is 0.167. The Labute approximate surface area is 148 Å². The Bertz CT molecular complexity index is 1090. The second-order valence-electron chi connectivity index (χ2n) is 5.89. The Morgan fingerprint density at radius 2 is 2.08 bits per heavy atom. The highest BCUT2D eigenvalue weighted by Crippen LogP contribution is 2.22. The maximum Gasteiger partial charge on any atom is 0.281 e. The number of rotatable bonds is 2. The minimum absolute atomic E-state index is 0.221. The zero-order chi connectivity index (χ0) is 18.1. The van der Waals surface area contributed by atoms with Crippen LogP contribution in [0.15, 0.2) is 47.6 Å². The van der Waals surface area contributed by atoms with Crippen LogP contribution in [-0.4, -0.2) is 32.9 Å². The van der Waals surface area contributed by atoms with E-state index in [4.69, 9.17) is 0 Å². The molecule has 0 saturated heterocycles. The Kier molecular flexibility index (Phi) is 3.92. The smallest absolute Gasteiger partial charge is 0.281 e. The number of fused-ring (bicyclic) bond motifs is 3. The van der Waals surface area contributed by atoms with Gasteiger partial charge in [-0.2, -0.15) is 4.99 Å². The highest BCUT2D eigenvalue weighted by molar-refractivity contribution is 5.95. The molecule has 130 valence electrons. The van der Waals surface area contributed by atoms with Crippen LogP contribution < -0.4 is 16.3 Å². The third-order valence-corrected chi connectivity index (χ3v) is 4.03.